The third-order valence-corrected chi connectivity index (χ3v) is 3.26. The summed E-state index contributed by atoms with van der Waals surface area (Å²) < 4.78 is 0. The summed E-state index contributed by atoms with van der Waals surface area (Å²) in [6.45, 7) is 3.89. The summed E-state index contributed by atoms with van der Waals surface area (Å²) >= 11 is 0. The number of carbonyl (C=O) groups excluding carboxylic acids is 1. The van der Waals surface area contributed by atoms with E-state index in [1.807, 2.05) is 32.0 Å². The molecule has 126 valence electrons. The van der Waals surface area contributed by atoms with Crippen molar-refractivity contribution in [2.75, 3.05) is 10.6 Å². The van der Waals surface area contributed by atoms with E-state index in [9.17, 15) is 14.7 Å². The van der Waals surface area contributed by atoms with Crippen LogP contribution in [0.25, 0.3) is 0 Å². The Kier molecular flexibility index (Phi) is 5.83. The van der Waals surface area contributed by atoms with E-state index >= 15 is 0 Å². The second kappa shape index (κ2) is 8.05. The van der Waals surface area contributed by atoms with Gasteiger partial charge in [0.1, 0.15) is 11.9 Å². The number of aliphatic carboxylic acids is 1. The molecule has 0 aliphatic rings. The Bertz CT molecular complexity index is 687. The van der Waals surface area contributed by atoms with Crippen LogP contribution in [0.15, 0.2) is 42.5 Å². The van der Waals surface area contributed by atoms with E-state index in [-0.39, 0.29) is 17.5 Å². The average Bonchev–Trinajstić information content (AvgIpc) is 2.55. The summed E-state index contributed by atoms with van der Waals surface area (Å²) in [5, 5.41) is 22.5. The fourth-order valence-electron chi connectivity index (χ4n) is 2.12. The number of para-hydroxylation sites is 1. The number of hydrogen-bond acceptors (Lipinski definition) is 5. The molecule has 1 aromatic carbocycles. The highest BCUT2D eigenvalue weighted by Gasteiger charge is 2.19. The van der Waals surface area contributed by atoms with Crippen LogP contribution in [0.5, 0.6) is 0 Å². The second-order valence-corrected chi connectivity index (χ2v) is 5.79. The normalized spacial score (nSPS) is 11.8. The molecule has 1 atom stereocenters. The Morgan fingerprint density at radius 1 is 1.08 bits per heavy atom. The van der Waals surface area contributed by atoms with E-state index in [0.29, 0.717) is 17.9 Å². The third-order valence-electron chi connectivity index (χ3n) is 3.26. The van der Waals surface area contributed by atoms with Crippen LogP contribution < -0.4 is 10.6 Å². The molecule has 7 heteroatoms. The van der Waals surface area contributed by atoms with Gasteiger partial charge in [-0.3, -0.25) is 4.79 Å². The van der Waals surface area contributed by atoms with E-state index in [0.717, 1.165) is 0 Å². The van der Waals surface area contributed by atoms with Gasteiger partial charge in [-0.05, 0) is 36.6 Å². The van der Waals surface area contributed by atoms with Crippen molar-refractivity contribution in [3.05, 3.63) is 48.2 Å². The van der Waals surface area contributed by atoms with Crippen LogP contribution in [-0.4, -0.2) is 33.2 Å². The minimum atomic E-state index is -0.948. The van der Waals surface area contributed by atoms with Gasteiger partial charge in [0.15, 0.2) is 5.69 Å². The molecule has 7 nitrogen and oxygen atoms in total. The van der Waals surface area contributed by atoms with Crippen LogP contribution in [-0.2, 0) is 4.79 Å². The molecule has 1 amide bonds. The molecule has 0 saturated heterocycles. The molecule has 0 aliphatic heterocycles. The van der Waals surface area contributed by atoms with Gasteiger partial charge in [-0.1, -0.05) is 32.0 Å². The van der Waals surface area contributed by atoms with Gasteiger partial charge in [-0.25, -0.2) is 4.79 Å². The lowest BCUT2D eigenvalue weighted by atomic mass is 10.0. The number of rotatable bonds is 7. The number of anilines is 2. The Hall–Kier alpha value is -2.96. The number of carbonyl (C=O) groups is 2. The minimum absolute atomic E-state index is 0.153. The van der Waals surface area contributed by atoms with Gasteiger partial charge in [-0.15, -0.1) is 10.2 Å². The van der Waals surface area contributed by atoms with Crippen LogP contribution >= 0.6 is 0 Å². The van der Waals surface area contributed by atoms with Crippen molar-refractivity contribution in [2.24, 2.45) is 5.92 Å². The van der Waals surface area contributed by atoms with Gasteiger partial charge in [0.25, 0.3) is 5.91 Å². The Morgan fingerprint density at radius 2 is 1.79 bits per heavy atom. The van der Waals surface area contributed by atoms with Crippen molar-refractivity contribution >= 4 is 23.4 Å². The van der Waals surface area contributed by atoms with Crippen molar-refractivity contribution in [1.82, 2.24) is 10.2 Å². The summed E-state index contributed by atoms with van der Waals surface area (Å²) in [5.41, 5.74) is 0.814. The lowest BCUT2D eigenvalue weighted by Gasteiger charge is -2.16. The number of amides is 1. The van der Waals surface area contributed by atoms with Crippen LogP contribution in [0.4, 0.5) is 11.5 Å². The maximum Gasteiger partial charge on any atom is 0.326 e. The molecule has 0 fully saturated rings. The van der Waals surface area contributed by atoms with Crippen LogP contribution in [0.2, 0.25) is 0 Å². The highest BCUT2D eigenvalue weighted by Crippen LogP contribution is 2.12. The fourth-order valence-corrected chi connectivity index (χ4v) is 2.12. The first-order valence-electron chi connectivity index (χ1n) is 7.65. The molecule has 1 aromatic heterocycles. The molecule has 0 bridgehead atoms. The first kappa shape index (κ1) is 17.4. The Morgan fingerprint density at radius 3 is 2.33 bits per heavy atom. The van der Waals surface area contributed by atoms with Crippen LogP contribution in [0.1, 0.15) is 30.8 Å². The number of carboxylic acids is 1. The van der Waals surface area contributed by atoms with Crippen molar-refractivity contribution in [2.45, 2.75) is 26.3 Å². The standard InChI is InChI=1S/C17H20N4O3/c1-11(2)10-14(17(23)24)19-15-9-8-13(20-21-15)16(22)18-12-6-4-3-5-7-12/h3-9,11,14H,10H2,1-2H3,(H,18,22)(H,19,21)(H,23,24). The van der Waals surface area contributed by atoms with Crippen molar-refractivity contribution in [1.29, 1.82) is 0 Å². The van der Waals surface area contributed by atoms with E-state index < -0.39 is 12.0 Å². The number of nitrogens with zero attached hydrogens (tertiary/aromatic N) is 2. The summed E-state index contributed by atoms with van der Waals surface area (Å²) in [4.78, 5) is 23.3. The number of carboxylic acid groups (broad SMARTS) is 1. The summed E-state index contributed by atoms with van der Waals surface area (Å²) in [7, 11) is 0. The zero-order valence-corrected chi connectivity index (χ0v) is 13.6. The number of aromatic nitrogens is 2. The monoisotopic (exact) mass is 328 g/mol. The zero-order chi connectivity index (χ0) is 17.5. The third kappa shape index (κ3) is 5.05. The van der Waals surface area contributed by atoms with Crippen LogP contribution in [0.3, 0.4) is 0 Å². The first-order chi connectivity index (χ1) is 11.5. The van der Waals surface area contributed by atoms with Crippen molar-refractivity contribution in [3.8, 4) is 0 Å². The molecule has 24 heavy (non-hydrogen) atoms. The molecule has 0 radical (unpaired) electrons. The van der Waals surface area contributed by atoms with Crippen LogP contribution in [0, 0.1) is 5.92 Å². The van der Waals surface area contributed by atoms with E-state index in [1.54, 1.807) is 18.2 Å². The molecule has 2 aromatic rings. The molecule has 0 saturated carbocycles. The van der Waals surface area contributed by atoms with Crippen molar-refractivity contribution < 1.29 is 14.7 Å². The summed E-state index contributed by atoms with van der Waals surface area (Å²) in [5.74, 6) is -0.782. The predicted octanol–water partition coefficient (Wildman–Crippen LogP) is 2.64. The molecule has 0 spiro atoms. The maximum absolute atomic E-state index is 12.1. The molecule has 0 aliphatic carbocycles. The topological polar surface area (TPSA) is 104 Å². The van der Waals surface area contributed by atoms with Gasteiger partial charge in [0.05, 0.1) is 0 Å². The lowest BCUT2D eigenvalue weighted by molar-refractivity contribution is -0.138. The molecule has 1 heterocycles. The molecule has 3 N–H and O–H groups in total. The zero-order valence-electron chi connectivity index (χ0n) is 13.6. The first-order valence-corrected chi connectivity index (χ1v) is 7.65. The largest absolute Gasteiger partial charge is 0.480 e. The highest BCUT2D eigenvalue weighted by atomic mass is 16.4. The fraction of sp³-hybridized carbons (Fsp3) is 0.294. The van der Waals surface area contributed by atoms with Gasteiger partial charge < -0.3 is 15.7 Å². The Balaban J connectivity index is 2.01. The predicted molar refractivity (Wildman–Crippen MR) is 90.9 cm³/mol. The minimum Gasteiger partial charge on any atom is -0.480 e. The molecule has 1 unspecified atom stereocenters. The maximum atomic E-state index is 12.1. The second-order valence-electron chi connectivity index (χ2n) is 5.79. The number of benzene rings is 1. The SMILES string of the molecule is CC(C)CC(Nc1ccc(C(=O)Nc2ccccc2)nn1)C(=O)O. The van der Waals surface area contributed by atoms with E-state index in [2.05, 4.69) is 20.8 Å². The van der Waals surface area contributed by atoms with Gasteiger partial charge in [0, 0.05) is 5.69 Å². The molecular weight excluding hydrogens is 308 g/mol. The highest BCUT2D eigenvalue weighted by molar-refractivity contribution is 6.02. The van der Waals surface area contributed by atoms with Gasteiger partial charge >= 0.3 is 5.97 Å². The molecular formula is C17H20N4O3. The van der Waals surface area contributed by atoms with Crippen molar-refractivity contribution in [3.63, 3.8) is 0 Å². The van der Waals surface area contributed by atoms with E-state index in [1.165, 1.54) is 6.07 Å². The quantitative estimate of drug-likeness (QED) is 0.722. The number of hydrogen-bond donors (Lipinski definition) is 3. The lowest BCUT2D eigenvalue weighted by Crippen LogP contribution is -2.31. The summed E-state index contributed by atoms with van der Waals surface area (Å²) in [6, 6.07) is 11.3. The summed E-state index contributed by atoms with van der Waals surface area (Å²) in [6.07, 6.45) is 0.466. The number of nitrogens with one attached hydrogen (secondary N) is 2. The van der Waals surface area contributed by atoms with Gasteiger partial charge in [-0.2, -0.15) is 0 Å². The van der Waals surface area contributed by atoms with E-state index in [4.69, 9.17) is 0 Å². The Labute approximate surface area is 140 Å². The van der Waals surface area contributed by atoms with Gasteiger partial charge in [0.2, 0.25) is 0 Å². The molecule has 2 rings (SSSR count). The average molecular weight is 328 g/mol. The smallest absolute Gasteiger partial charge is 0.326 e.